The van der Waals surface area contributed by atoms with Crippen LogP contribution in [0, 0.1) is 13.8 Å². The highest BCUT2D eigenvalue weighted by atomic mass is 16.5. The number of benzene rings is 1. The van der Waals surface area contributed by atoms with Crippen LogP contribution in [0.2, 0.25) is 0 Å². The number of carbonyl (C=O) groups excluding carboxylic acids is 2. The lowest BCUT2D eigenvalue weighted by Crippen LogP contribution is -2.30. The summed E-state index contributed by atoms with van der Waals surface area (Å²) in [6, 6.07) is 8.89. The number of esters is 1. The molecule has 0 radical (unpaired) electrons. The topological polar surface area (TPSA) is 91.0 Å². The van der Waals surface area contributed by atoms with Gasteiger partial charge in [-0.1, -0.05) is 12.1 Å². The summed E-state index contributed by atoms with van der Waals surface area (Å²) in [6.45, 7) is 5.83. The summed E-state index contributed by atoms with van der Waals surface area (Å²) >= 11 is 0. The Bertz CT molecular complexity index is 974. The van der Waals surface area contributed by atoms with Crippen LogP contribution in [-0.4, -0.2) is 37.5 Å². The van der Waals surface area contributed by atoms with Crippen molar-refractivity contribution in [2.24, 2.45) is 7.05 Å². The van der Waals surface area contributed by atoms with E-state index in [1.54, 1.807) is 41.7 Å². The van der Waals surface area contributed by atoms with Crippen molar-refractivity contribution in [3.05, 3.63) is 65.2 Å². The van der Waals surface area contributed by atoms with E-state index in [-0.39, 0.29) is 0 Å². The quantitative estimate of drug-likeness (QED) is 0.663. The van der Waals surface area contributed by atoms with Crippen LogP contribution in [0.15, 0.2) is 42.7 Å². The highest BCUT2D eigenvalue weighted by Gasteiger charge is 2.21. The maximum absolute atomic E-state index is 12.4. The van der Waals surface area contributed by atoms with Gasteiger partial charge in [-0.05, 0) is 44.5 Å². The SMILES string of the molecule is Cc1nn(C)c(C)c1NC(=O)C(C)OC(=O)c1ccc(Cn2cccn2)cc1. The zero-order chi connectivity index (χ0) is 20.3. The molecule has 8 nitrogen and oxygen atoms in total. The average Bonchev–Trinajstić information content (AvgIpc) is 3.26. The van der Waals surface area contributed by atoms with Gasteiger partial charge in [0, 0.05) is 19.4 Å². The lowest BCUT2D eigenvalue weighted by atomic mass is 10.1. The number of aromatic nitrogens is 4. The molecule has 2 heterocycles. The Kier molecular flexibility index (Phi) is 5.58. The molecule has 3 aromatic rings. The zero-order valence-corrected chi connectivity index (χ0v) is 16.3. The van der Waals surface area contributed by atoms with Crippen LogP contribution in [0.25, 0.3) is 0 Å². The molecule has 2 aromatic heterocycles. The molecule has 0 spiro atoms. The summed E-state index contributed by atoms with van der Waals surface area (Å²) in [5.74, 6) is -0.948. The first-order chi connectivity index (χ1) is 13.3. The van der Waals surface area contributed by atoms with Crippen LogP contribution < -0.4 is 5.32 Å². The van der Waals surface area contributed by atoms with Gasteiger partial charge in [-0.2, -0.15) is 10.2 Å². The van der Waals surface area contributed by atoms with Gasteiger partial charge in [0.1, 0.15) is 0 Å². The predicted octanol–water partition coefficient (Wildman–Crippen LogP) is 2.47. The number of aryl methyl sites for hydroxylation is 2. The van der Waals surface area contributed by atoms with E-state index >= 15 is 0 Å². The number of hydrogen-bond donors (Lipinski definition) is 1. The van der Waals surface area contributed by atoms with Crippen LogP contribution in [0.1, 0.15) is 34.2 Å². The van der Waals surface area contributed by atoms with E-state index in [2.05, 4.69) is 15.5 Å². The number of nitrogens with one attached hydrogen (secondary N) is 1. The third kappa shape index (κ3) is 4.28. The largest absolute Gasteiger partial charge is 0.449 e. The summed E-state index contributed by atoms with van der Waals surface area (Å²) < 4.78 is 8.79. The Morgan fingerprint density at radius 2 is 1.93 bits per heavy atom. The molecule has 1 N–H and O–H groups in total. The van der Waals surface area contributed by atoms with E-state index in [0.717, 1.165) is 11.3 Å². The van der Waals surface area contributed by atoms with E-state index in [1.807, 2.05) is 38.2 Å². The molecule has 1 aromatic carbocycles. The summed E-state index contributed by atoms with van der Waals surface area (Å²) in [6.07, 6.45) is 2.65. The Morgan fingerprint density at radius 1 is 1.21 bits per heavy atom. The summed E-state index contributed by atoms with van der Waals surface area (Å²) in [4.78, 5) is 24.7. The van der Waals surface area contributed by atoms with Gasteiger partial charge in [0.2, 0.25) is 0 Å². The van der Waals surface area contributed by atoms with Crippen molar-refractivity contribution >= 4 is 17.6 Å². The number of carbonyl (C=O) groups is 2. The molecular weight excluding hydrogens is 358 g/mol. The zero-order valence-electron chi connectivity index (χ0n) is 16.3. The second kappa shape index (κ2) is 8.08. The Balaban J connectivity index is 1.59. The van der Waals surface area contributed by atoms with E-state index < -0.39 is 18.0 Å². The molecule has 0 aliphatic heterocycles. The summed E-state index contributed by atoms with van der Waals surface area (Å²) in [7, 11) is 1.80. The number of anilines is 1. The first-order valence-corrected chi connectivity index (χ1v) is 8.93. The van der Waals surface area contributed by atoms with E-state index in [1.165, 1.54) is 0 Å². The second-order valence-electron chi connectivity index (χ2n) is 6.61. The summed E-state index contributed by atoms with van der Waals surface area (Å²) in [5.41, 5.74) is 3.57. The van der Waals surface area contributed by atoms with Gasteiger partial charge < -0.3 is 10.1 Å². The smallest absolute Gasteiger partial charge is 0.338 e. The van der Waals surface area contributed by atoms with Crippen molar-refractivity contribution in [2.75, 3.05) is 5.32 Å². The third-order valence-corrected chi connectivity index (χ3v) is 4.50. The normalized spacial score (nSPS) is 11.9. The van der Waals surface area contributed by atoms with Gasteiger partial charge in [-0.25, -0.2) is 4.79 Å². The van der Waals surface area contributed by atoms with Crippen LogP contribution in [0.4, 0.5) is 5.69 Å². The predicted molar refractivity (Wildman–Crippen MR) is 104 cm³/mol. The molecule has 146 valence electrons. The van der Waals surface area contributed by atoms with E-state index in [4.69, 9.17) is 4.74 Å². The number of amides is 1. The molecule has 28 heavy (non-hydrogen) atoms. The lowest BCUT2D eigenvalue weighted by Gasteiger charge is -2.14. The van der Waals surface area contributed by atoms with Gasteiger partial charge >= 0.3 is 5.97 Å². The van der Waals surface area contributed by atoms with Gasteiger partial charge in [0.05, 0.1) is 29.2 Å². The maximum atomic E-state index is 12.4. The Labute approximate surface area is 163 Å². The van der Waals surface area contributed by atoms with Crippen molar-refractivity contribution in [3.8, 4) is 0 Å². The van der Waals surface area contributed by atoms with Gasteiger partial charge in [0.15, 0.2) is 6.10 Å². The average molecular weight is 381 g/mol. The first kappa shape index (κ1) is 19.3. The number of hydrogen-bond acceptors (Lipinski definition) is 5. The second-order valence-corrected chi connectivity index (χ2v) is 6.61. The van der Waals surface area contributed by atoms with E-state index in [9.17, 15) is 9.59 Å². The van der Waals surface area contributed by atoms with Gasteiger partial charge in [-0.15, -0.1) is 0 Å². The molecule has 0 saturated heterocycles. The van der Waals surface area contributed by atoms with Crippen LogP contribution in [-0.2, 0) is 23.1 Å². The minimum absolute atomic E-state index is 0.387. The molecule has 0 saturated carbocycles. The number of nitrogens with zero attached hydrogens (tertiary/aromatic N) is 4. The fourth-order valence-corrected chi connectivity index (χ4v) is 2.79. The molecule has 0 aliphatic rings. The minimum atomic E-state index is -0.935. The lowest BCUT2D eigenvalue weighted by molar-refractivity contribution is -0.123. The van der Waals surface area contributed by atoms with Crippen molar-refractivity contribution in [2.45, 2.75) is 33.4 Å². The highest BCUT2D eigenvalue weighted by molar-refractivity contribution is 5.98. The highest BCUT2D eigenvalue weighted by Crippen LogP contribution is 2.19. The first-order valence-electron chi connectivity index (χ1n) is 8.93. The van der Waals surface area contributed by atoms with Crippen LogP contribution in [0.5, 0.6) is 0 Å². The Hall–Kier alpha value is -3.42. The van der Waals surface area contributed by atoms with Crippen molar-refractivity contribution in [3.63, 3.8) is 0 Å². The van der Waals surface area contributed by atoms with E-state index in [0.29, 0.717) is 23.5 Å². The molecule has 8 heteroatoms. The number of ether oxygens (including phenoxy) is 1. The maximum Gasteiger partial charge on any atom is 0.338 e. The van der Waals surface area contributed by atoms with Crippen molar-refractivity contribution < 1.29 is 14.3 Å². The molecule has 0 fully saturated rings. The number of rotatable bonds is 6. The summed E-state index contributed by atoms with van der Waals surface area (Å²) in [5, 5.41) is 11.2. The Morgan fingerprint density at radius 3 is 2.50 bits per heavy atom. The molecular formula is C20H23N5O3. The molecule has 1 amide bonds. The fraction of sp³-hybridized carbons (Fsp3) is 0.300. The van der Waals surface area contributed by atoms with Crippen LogP contribution in [0.3, 0.4) is 0 Å². The van der Waals surface area contributed by atoms with Crippen LogP contribution >= 0.6 is 0 Å². The third-order valence-electron chi connectivity index (χ3n) is 4.50. The van der Waals surface area contributed by atoms with Gasteiger partial charge in [-0.3, -0.25) is 14.2 Å². The molecule has 3 rings (SSSR count). The molecule has 1 unspecified atom stereocenters. The standard InChI is InChI=1S/C20H23N5O3/c1-13-18(14(2)24(4)23-13)22-19(26)15(3)28-20(27)17-8-6-16(7-9-17)12-25-11-5-10-21-25/h5-11,15H,12H2,1-4H3,(H,22,26). The van der Waals surface area contributed by atoms with Gasteiger partial charge in [0.25, 0.3) is 5.91 Å². The molecule has 1 atom stereocenters. The van der Waals surface area contributed by atoms with Crippen molar-refractivity contribution in [1.82, 2.24) is 19.6 Å². The van der Waals surface area contributed by atoms with Crippen molar-refractivity contribution in [1.29, 1.82) is 0 Å². The molecule has 0 aliphatic carbocycles. The fourth-order valence-electron chi connectivity index (χ4n) is 2.79. The molecule has 0 bridgehead atoms. The minimum Gasteiger partial charge on any atom is -0.449 e. The monoisotopic (exact) mass is 381 g/mol.